The fourth-order valence-corrected chi connectivity index (χ4v) is 2.57. The second-order valence-corrected chi connectivity index (χ2v) is 4.49. The van der Waals surface area contributed by atoms with Gasteiger partial charge in [0, 0.05) is 5.39 Å². The van der Waals surface area contributed by atoms with Crippen molar-refractivity contribution in [2.75, 3.05) is 0 Å². The van der Waals surface area contributed by atoms with Gasteiger partial charge in [0.2, 0.25) is 0 Å². The molecule has 2 rings (SSSR count). The maximum Gasteiger partial charge on any atom is 0.138 e. The number of hydrogen-bond acceptors (Lipinski definition) is 1. The van der Waals surface area contributed by atoms with Crippen LogP contribution in [0.3, 0.4) is 0 Å². The minimum atomic E-state index is 0.459. The molecule has 0 saturated carbocycles. The molecule has 0 bridgehead atoms. The molecule has 0 aliphatic rings. The van der Waals surface area contributed by atoms with Crippen LogP contribution in [0, 0.1) is 0 Å². The molecule has 0 radical (unpaired) electrons. The third kappa shape index (κ3) is 1.90. The summed E-state index contributed by atoms with van der Waals surface area (Å²) < 4.78 is 0. The predicted molar refractivity (Wildman–Crippen MR) is 70.5 cm³/mol. The van der Waals surface area contributed by atoms with Crippen LogP contribution in [0.25, 0.3) is 10.8 Å². The van der Waals surface area contributed by atoms with Crippen molar-refractivity contribution in [3.05, 3.63) is 39.6 Å². The highest BCUT2D eigenvalue weighted by molar-refractivity contribution is 6.36. The smallest absolute Gasteiger partial charge is 0.138 e. The molecule has 0 N–H and O–H groups in total. The van der Waals surface area contributed by atoms with Gasteiger partial charge in [0.05, 0.1) is 0 Å². The number of benzene rings is 1. The Balaban J connectivity index is 2.90. The van der Waals surface area contributed by atoms with Crippen LogP contribution in [0.5, 0.6) is 0 Å². The third-order valence-electron chi connectivity index (χ3n) is 2.86. The summed E-state index contributed by atoms with van der Waals surface area (Å²) in [6.07, 6.45) is 1.92. The van der Waals surface area contributed by atoms with Gasteiger partial charge in [-0.1, -0.05) is 49.2 Å². The van der Waals surface area contributed by atoms with E-state index in [0.29, 0.717) is 10.3 Å². The number of aryl methyl sites for hydroxylation is 2. The molecule has 0 aliphatic heterocycles. The summed E-state index contributed by atoms with van der Waals surface area (Å²) in [5.41, 5.74) is 2.49. The lowest BCUT2D eigenvalue weighted by molar-refractivity contribution is 1.12. The monoisotopic (exact) mass is 253 g/mol. The van der Waals surface area contributed by atoms with Gasteiger partial charge < -0.3 is 0 Å². The van der Waals surface area contributed by atoms with Gasteiger partial charge in [-0.25, -0.2) is 4.98 Å². The molecule has 1 heterocycles. The van der Waals surface area contributed by atoms with Crippen LogP contribution < -0.4 is 0 Å². The van der Waals surface area contributed by atoms with E-state index in [9.17, 15) is 0 Å². The molecule has 3 heteroatoms. The average molecular weight is 254 g/mol. The Morgan fingerprint density at radius 3 is 2.31 bits per heavy atom. The highest BCUT2D eigenvalue weighted by atomic mass is 35.5. The first kappa shape index (κ1) is 11.7. The number of pyridine rings is 1. The van der Waals surface area contributed by atoms with Crippen molar-refractivity contribution in [3.63, 3.8) is 0 Å². The van der Waals surface area contributed by atoms with Crippen molar-refractivity contribution in [1.82, 2.24) is 4.98 Å². The molecule has 1 aromatic carbocycles. The maximum absolute atomic E-state index is 6.18. The number of hydrogen-bond donors (Lipinski definition) is 0. The number of rotatable bonds is 2. The lowest BCUT2D eigenvalue weighted by atomic mass is 9.99. The van der Waals surface area contributed by atoms with E-state index in [1.807, 2.05) is 6.07 Å². The first-order valence-corrected chi connectivity index (χ1v) is 6.19. The second-order valence-electron chi connectivity index (χ2n) is 3.75. The Morgan fingerprint density at radius 1 is 1.06 bits per heavy atom. The minimum absolute atomic E-state index is 0.459. The molecule has 16 heavy (non-hydrogen) atoms. The summed E-state index contributed by atoms with van der Waals surface area (Å²) >= 11 is 12.1. The van der Waals surface area contributed by atoms with Gasteiger partial charge in [-0.15, -0.1) is 0 Å². The van der Waals surface area contributed by atoms with Crippen LogP contribution in [0.15, 0.2) is 18.2 Å². The minimum Gasteiger partial charge on any atom is -0.224 e. The third-order valence-corrected chi connectivity index (χ3v) is 3.33. The number of halogens is 2. The molecule has 0 fully saturated rings. The van der Waals surface area contributed by atoms with E-state index < -0.39 is 0 Å². The first-order valence-electron chi connectivity index (χ1n) is 5.43. The molecule has 0 spiro atoms. The van der Waals surface area contributed by atoms with Gasteiger partial charge >= 0.3 is 0 Å². The van der Waals surface area contributed by atoms with Crippen LogP contribution >= 0.6 is 23.2 Å². The summed E-state index contributed by atoms with van der Waals surface area (Å²) in [6, 6.07) is 6.18. The van der Waals surface area contributed by atoms with Crippen molar-refractivity contribution in [2.24, 2.45) is 0 Å². The summed E-state index contributed by atoms with van der Waals surface area (Å²) in [5, 5.41) is 3.15. The Morgan fingerprint density at radius 2 is 1.69 bits per heavy atom. The SMILES string of the molecule is CCc1ccc(CC)c2c(Cl)nc(Cl)cc12. The highest BCUT2D eigenvalue weighted by Gasteiger charge is 2.10. The van der Waals surface area contributed by atoms with E-state index in [0.717, 1.165) is 23.6 Å². The number of fused-ring (bicyclic) bond motifs is 1. The molecule has 0 atom stereocenters. The fourth-order valence-electron chi connectivity index (χ4n) is 2.02. The van der Waals surface area contributed by atoms with Crippen LogP contribution in [0.1, 0.15) is 25.0 Å². The van der Waals surface area contributed by atoms with E-state index in [1.54, 1.807) is 0 Å². The molecular weight excluding hydrogens is 241 g/mol. The summed E-state index contributed by atoms with van der Waals surface area (Å²) in [6.45, 7) is 4.24. The van der Waals surface area contributed by atoms with Gasteiger partial charge in [-0.05, 0) is 35.4 Å². The topological polar surface area (TPSA) is 12.9 Å². The van der Waals surface area contributed by atoms with Crippen molar-refractivity contribution in [1.29, 1.82) is 0 Å². The van der Waals surface area contributed by atoms with Gasteiger partial charge in [-0.2, -0.15) is 0 Å². The van der Waals surface area contributed by atoms with Crippen LogP contribution in [0.2, 0.25) is 10.3 Å². The molecule has 1 nitrogen and oxygen atoms in total. The molecular formula is C13H13Cl2N. The van der Waals surface area contributed by atoms with E-state index in [4.69, 9.17) is 23.2 Å². The maximum atomic E-state index is 6.18. The van der Waals surface area contributed by atoms with Gasteiger partial charge in [0.15, 0.2) is 0 Å². The van der Waals surface area contributed by atoms with Crippen LogP contribution in [-0.4, -0.2) is 4.98 Å². The number of nitrogens with zero attached hydrogens (tertiary/aromatic N) is 1. The van der Waals surface area contributed by atoms with E-state index >= 15 is 0 Å². The lowest BCUT2D eigenvalue weighted by Crippen LogP contribution is -1.92. The zero-order valence-corrected chi connectivity index (χ0v) is 10.9. The van der Waals surface area contributed by atoms with Gasteiger partial charge in [0.1, 0.15) is 10.3 Å². The summed E-state index contributed by atoms with van der Waals surface area (Å²) in [4.78, 5) is 4.12. The highest BCUT2D eigenvalue weighted by Crippen LogP contribution is 2.31. The molecule has 0 unspecified atom stereocenters. The summed E-state index contributed by atoms with van der Waals surface area (Å²) in [7, 11) is 0. The number of aromatic nitrogens is 1. The first-order chi connectivity index (χ1) is 7.67. The lowest BCUT2D eigenvalue weighted by Gasteiger charge is -2.10. The zero-order valence-electron chi connectivity index (χ0n) is 9.35. The molecule has 0 amide bonds. The Hall–Kier alpha value is -0.790. The van der Waals surface area contributed by atoms with Crippen molar-refractivity contribution in [3.8, 4) is 0 Å². The van der Waals surface area contributed by atoms with Gasteiger partial charge in [-0.3, -0.25) is 0 Å². The van der Waals surface area contributed by atoms with E-state index in [1.165, 1.54) is 11.1 Å². The van der Waals surface area contributed by atoms with Crippen molar-refractivity contribution < 1.29 is 0 Å². The Bertz CT molecular complexity index is 535. The summed E-state index contributed by atoms with van der Waals surface area (Å²) in [5.74, 6) is 0. The van der Waals surface area contributed by atoms with E-state index in [-0.39, 0.29) is 0 Å². The molecule has 1 aromatic heterocycles. The second kappa shape index (κ2) is 4.60. The molecule has 0 saturated heterocycles. The Labute approximate surface area is 105 Å². The fraction of sp³-hybridized carbons (Fsp3) is 0.308. The Kier molecular flexibility index (Phi) is 3.36. The molecule has 84 valence electrons. The van der Waals surface area contributed by atoms with Crippen LogP contribution in [0.4, 0.5) is 0 Å². The quantitative estimate of drug-likeness (QED) is 0.710. The van der Waals surface area contributed by atoms with Crippen molar-refractivity contribution >= 4 is 34.0 Å². The van der Waals surface area contributed by atoms with Crippen molar-refractivity contribution in [2.45, 2.75) is 26.7 Å². The molecule has 2 aromatic rings. The largest absolute Gasteiger partial charge is 0.224 e. The molecule has 0 aliphatic carbocycles. The predicted octanol–water partition coefficient (Wildman–Crippen LogP) is 4.67. The van der Waals surface area contributed by atoms with Gasteiger partial charge in [0.25, 0.3) is 0 Å². The average Bonchev–Trinajstić information content (AvgIpc) is 2.27. The van der Waals surface area contributed by atoms with Crippen LogP contribution in [-0.2, 0) is 12.8 Å². The zero-order chi connectivity index (χ0) is 11.7. The van der Waals surface area contributed by atoms with E-state index in [2.05, 4.69) is 31.0 Å². The standard InChI is InChI=1S/C13H13Cl2N/c1-3-8-5-6-9(4-2)12-10(8)7-11(14)16-13(12)15/h5-7H,3-4H2,1-2H3. The normalized spacial score (nSPS) is 11.0.